The molecule has 1 heterocycles. The molecular formula is C12H11F2N3O2S2. The molecule has 3 rings (SSSR count). The molecule has 2 aromatic rings. The van der Waals surface area contributed by atoms with Crippen LogP contribution < -0.4 is 10.5 Å². The second-order valence-electron chi connectivity index (χ2n) is 4.66. The van der Waals surface area contributed by atoms with Crippen molar-refractivity contribution in [2.75, 3.05) is 10.5 Å². The summed E-state index contributed by atoms with van der Waals surface area (Å²) in [5.41, 5.74) is 5.93. The number of aromatic nitrogens is 1. The topological polar surface area (TPSA) is 85.1 Å². The second-order valence-corrected chi connectivity index (χ2v) is 7.36. The van der Waals surface area contributed by atoms with Gasteiger partial charge in [-0.05, 0) is 31.4 Å². The minimum Gasteiger partial charge on any atom is -0.399 e. The van der Waals surface area contributed by atoms with Crippen molar-refractivity contribution >= 4 is 32.2 Å². The average molecular weight is 331 g/mol. The number of halogens is 2. The molecule has 112 valence electrons. The van der Waals surface area contributed by atoms with Gasteiger partial charge in [0, 0.05) is 10.6 Å². The number of nitrogens with one attached hydrogen (secondary N) is 1. The number of hydrogen-bond acceptors (Lipinski definition) is 5. The fourth-order valence-electron chi connectivity index (χ4n) is 2.24. The molecular weight excluding hydrogens is 320 g/mol. The van der Waals surface area contributed by atoms with Gasteiger partial charge in [-0.1, -0.05) is 0 Å². The highest BCUT2D eigenvalue weighted by Gasteiger charge is 2.27. The van der Waals surface area contributed by atoms with Crippen LogP contribution >= 0.6 is 11.3 Å². The maximum Gasteiger partial charge on any atom is 0.269 e. The van der Waals surface area contributed by atoms with E-state index in [4.69, 9.17) is 5.73 Å². The first-order valence-corrected chi connectivity index (χ1v) is 8.43. The number of sulfonamides is 1. The Labute approximate surface area is 123 Å². The molecule has 0 radical (unpaired) electrons. The first-order valence-electron chi connectivity index (χ1n) is 6.13. The quantitative estimate of drug-likeness (QED) is 0.845. The lowest BCUT2D eigenvalue weighted by molar-refractivity contribution is 0.522. The van der Waals surface area contributed by atoms with Crippen molar-refractivity contribution < 1.29 is 17.2 Å². The standard InChI is InChI=1S/C12H11F2N3O2S2/c13-7-4-6(15)5-8(14)11(7)21(18,19)17-12-16-9-2-1-3-10(9)20-12/h4-5H,1-3,15H2,(H,16,17). The number of rotatable bonds is 3. The lowest BCUT2D eigenvalue weighted by Gasteiger charge is -2.08. The van der Waals surface area contributed by atoms with Gasteiger partial charge < -0.3 is 5.73 Å². The summed E-state index contributed by atoms with van der Waals surface area (Å²) < 4.78 is 53.8. The summed E-state index contributed by atoms with van der Waals surface area (Å²) in [7, 11) is -4.39. The summed E-state index contributed by atoms with van der Waals surface area (Å²) in [6, 6.07) is 1.53. The summed E-state index contributed by atoms with van der Waals surface area (Å²) in [4.78, 5) is 4.09. The zero-order chi connectivity index (χ0) is 15.2. The first kappa shape index (κ1) is 14.2. The van der Waals surface area contributed by atoms with E-state index in [0.717, 1.165) is 42.0 Å². The summed E-state index contributed by atoms with van der Waals surface area (Å²) in [5, 5.41) is 0.121. The Hall–Kier alpha value is -1.74. The molecule has 0 aliphatic heterocycles. The third-order valence-corrected chi connectivity index (χ3v) is 5.70. The molecule has 5 nitrogen and oxygen atoms in total. The van der Waals surface area contributed by atoms with E-state index < -0.39 is 26.6 Å². The highest BCUT2D eigenvalue weighted by Crippen LogP contribution is 2.32. The van der Waals surface area contributed by atoms with Gasteiger partial charge in [0.15, 0.2) is 10.0 Å². The highest BCUT2D eigenvalue weighted by molar-refractivity contribution is 7.93. The van der Waals surface area contributed by atoms with Crippen LogP contribution in [0.1, 0.15) is 17.0 Å². The number of nitrogens with two attached hydrogens (primary N) is 1. The van der Waals surface area contributed by atoms with Crippen LogP contribution in [0, 0.1) is 11.6 Å². The number of thiazole rings is 1. The second kappa shape index (κ2) is 4.92. The lowest BCUT2D eigenvalue weighted by atomic mass is 10.3. The van der Waals surface area contributed by atoms with Crippen LogP contribution in [0.3, 0.4) is 0 Å². The Kier molecular flexibility index (Phi) is 3.33. The first-order chi connectivity index (χ1) is 9.87. The van der Waals surface area contributed by atoms with E-state index >= 15 is 0 Å². The predicted octanol–water partition coefficient (Wildman–Crippen LogP) is 2.29. The van der Waals surface area contributed by atoms with E-state index in [1.54, 1.807) is 0 Å². The SMILES string of the molecule is Nc1cc(F)c(S(=O)(=O)Nc2nc3c(s2)CCC3)c(F)c1. The van der Waals surface area contributed by atoms with E-state index in [9.17, 15) is 17.2 Å². The van der Waals surface area contributed by atoms with Gasteiger partial charge in [-0.25, -0.2) is 22.2 Å². The summed E-state index contributed by atoms with van der Waals surface area (Å²) >= 11 is 1.19. The van der Waals surface area contributed by atoms with Gasteiger partial charge in [-0.3, -0.25) is 4.72 Å². The van der Waals surface area contributed by atoms with Crippen molar-refractivity contribution in [1.82, 2.24) is 4.98 Å². The minimum atomic E-state index is -4.39. The monoisotopic (exact) mass is 331 g/mol. The van der Waals surface area contributed by atoms with Gasteiger partial charge in [0.05, 0.1) is 5.69 Å². The van der Waals surface area contributed by atoms with Crippen molar-refractivity contribution in [2.45, 2.75) is 24.2 Å². The Morgan fingerprint density at radius 1 is 1.24 bits per heavy atom. The summed E-state index contributed by atoms with van der Waals surface area (Å²) in [6.07, 6.45) is 2.62. The highest BCUT2D eigenvalue weighted by atomic mass is 32.2. The molecule has 0 fully saturated rings. The van der Waals surface area contributed by atoms with Crippen LogP contribution in [0.2, 0.25) is 0 Å². The molecule has 0 spiro atoms. The van der Waals surface area contributed by atoms with E-state index in [1.807, 2.05) is 0 Å². The van der Waals surface area contributed by atoms with E-state index in [0.29, 0.717) is 0 Å². The van der Waals surface area contributed by atoms with Gasteiger partial charge in [-0.2, -0.15) is 0 Å². The van der Waals surface area contributed by atoms with Crippen LogP contribution in [-0.4, -0.2) is 13.4 Å². The van der Waals surface area contributed by atoms with Crippen LogP contribution in [0.4, 0.5) is 19.6 Å². The largest absolute Gasteiger partial charge is 0.399 e. The Bertz CT molecular complexity index is 773. The van der Waals surface area contributed by atoms with Crippen LogP contribution in [0.25, 0.3) is 0 Å². The summed E-state index contributed by atoms with van der Waals surface area (Å²) in [5.74, 6) is -2.46. The van der Waals surface area contributed by atoms with E-state index in [1.165, 1.54) is 11.3 Å². The molecule has 0 bridgehead atoms. The van der Waals surface area contributed by atoms with Crippen molar-refractivity contribution in [3.63, 3.8) is 0 Å². The number of hydrogen-bond donors (Lipinski definition) is 2. The van der Waals surface area contributed by atoms with Gasteiger partial charge in [-0.15, -0.1) is 11.3 Å². The maximum atomic E-state index is 13.7. The Morgan fingerprint density at radius 2 is 1.90 bits per heavy atom. The zero-order valence-electron chi connectivity index (χ0n) is 10.7. The molecule has 1 aliphatic rings. The van der Waals surface area contributed by atoms with Gasteiger partial charge in [0.25, 0.3) is 10.0 Å². The fraction of sp³-hybridized carbons (Fsp3) is 0.250. The van der Waals surface area contributed by atoms with E-state index in [-0.39, 0.29) is 10.8 Å². The molecule has 21 heavy (non-hydrogen) atoms. The summed E-state index contributed by atoms with van der Waals surface area (Å²) in [6.45, 7) is 0. The number of aryl methyl sites for hydroxylation is 2. The van der Waals surface area contributed by atoms with E-state index in [2.05, 4.69) is 9.71 Å². The normalized spacial score (nSPS) is 14.2. The molecule has 0 unspecified atom stereocenters. The molecule has 9 heteroatoms. The third-order valence-electron chi connectivity index (χ3n) is 3.11. The van der Waals surface area contributed by atoms with Crippen LogP contribution in [0.15, 0.2) is 17.0 Å². The van der Waals surface area contributed by atoms with Gasteiger partial charge in [0.1, 0.15) is 11.6 Å². The predicted molar refractivity (Wildman–Crippen MR) is 75.7 cm³/mol. The van der Waals surface area contributed by atoms with Crippen molar-refractivity contribution in [2.24, 2.45) is 0 Å². The number of benzene rings is 1. The van der Waals surface area contributed by atoms with Crippen LogP contribution in [0.5, 0.6) is 0 Å². The molecule has 0 saturated carbocycles. The minimum absolute atomic E-state index is 0.121. The van der Waals surface area contributed by atoms with Gasteiger partial charge in [0.2, 0.25) is 0 Å². The Balaban J connectivity index is 1.97. The van der Waals surface area contributed by atoms with Gasteiger partial charge >= 0.3 is 0 Å². The zero-order valence-corrected chi connectivity index (χ0v) is 12.3. The smallest absolute Gasteiger partial charge is 0.269 e. The number of anilines is 2. The lowest BCUT2D eigenvalue weighted by Crippen LogP contribution is -2.16. The number of nitrogen functional groups attached to an aromatic ring is 1. The maximum absolute atomic E-state index is 13.7. The molecule has 1 aromatic heterocycles. The molecule has 1 aliphatic carbocycles. The number of nitrogens with zero attached hydrogens (tertiary/aromatic N) is 1. The Morgan fingerprint density at radius 3 is 2.52 bits per heavy atom. The molecule has 0 amide bonds. The third kappa shape index (κ3) is 2.58. The molecule has 3 N–H and O–H groups in total. The van der Waals surface area contributed by atoms with Crippen molar-refractivity contribution in [1.29, 1.82) is 0 Å². The molecule has 0 atom stereocenters. The average Bonchev–Trinajstić information content (AvgIpc) is 2.86. The number of fused-ring (bicyclic) bond motifs is 1. The fourth-order valence-corrected chi connectivity index (χ4v) is 4.64. The van der Waals surface area contributed by atoms with Crippen molar-refractivity contribution in [3.8, 4) is 0 Å². The van der Waals surface area contributed by atoms with Crippen molar-refractivity contribution in [3.05, 3.63) is 34.3 Å². The van der Waals surface area contributed by atoms with Crippen LogP contribution in [-0.2, 0) is 22.9 Å². The molecule has 0 saturated heterocycles. The molecule has 1 aromatic carbocycles.